The number of aromatic nitrogens is 2. The van der Waals surface area contributed by atoms with Crippen LogP contribution in [-0.4, -0.2) is 47.1 Å². The molecule has 116 valence electrons. The predicted octanol–water partition coefficient (Wildman–Crippen LogP) is 2.05. The van der Waals surface area contributed by atoms with Gasteiger partial charge in [0.05, 0.1) is 13.7 Å². The fourth-order valence-electron chi connectivity index (χ4n) is 2.44. The first kappa shape index (κ1) is 15.5. The van der Waals surface area contributed by atoms with Gasteiger partial charge in [0.1, 0.15) is 6.10 Å². The van der Waals surface area contributed by atoms with Gasteiger partial charge < -0.3 is 14.4 Å². The lowest BCUT2D eigenvalue weighted by molar-refractivity contribution is -0.134. The van der Waals surface area contributed by atoms with Gasteiger partial charge in [-0.15, -0.1) is 0 Å². The predicted molar refractivity (Wildman–Crippen MR) is 78.3 cm³/mol. The molecule has 1 aliphatic heterocycles. The molecule has 0 saturated carbocycles. The minimum atomic E-state index is -0.0464. The molecule has 6 nitrogen and oxygen atoms in total. The molecular weight excluding hydrogens is 270 g/mol. The quantitative estimate of drug-likeness (QED) is 0.803. The van der Waals surface area contributed by atoms with E-state index in [0.29, 0.717) is 24.7 Å². The molecule has 0 radical (unpaired) electrons. The minimum Gasteiger partial charge on any atom is -0.477 e. The summed E-state index contributed by atoms with van der Waals surface area (Å²) in [5.41, 5.74) is 0. The van der Waals surface area contributed by atoms with Gasteiger partial charge in [-0.05, 0) is 19.3 Å². The molecule has 0 bridgehead atoms. The van der Waals surface area contributed by atoms with E-state index in [1.807, 2.05) is 4.90 Å². The smallest absolute Gasteiger partial charge is 0.278 e. The van der Waals surface area contributed by atoms with E-state index in [1.54, 1.807) is 19.5 Å². The van der Waals surface area contributed by atoms with E-state index in [1.165, 1.54) is 0 Å². The van der Waals surface area contributed by atoms with E-state index in [2.05, 4.69) is 16.9 Å². The summed E-state index contributed by atoms with van der Waals surface area (Å²) < 4.78 is 11.0. The number of carbonyl (C=O) groups is 1. The van der Waals surface area contributed by atoms with Crippen LogP contribution >= 0.6 is 0 Å². The normalized spacial score (nSPS) is 18.4. The number of hydrogen-bond donors (Lipinski definition) is 0. The first-order valence-corrected chi connectivity index (χ1v) is 7.54. The molecule has 1 aliphatic rings. The highest BCUT2D eigenvalue weighted by molar-refractivity contribution is 5.76. The third-order valence-electron chi connectivity index (χ3n) is 3.58. The molecule has 1 saturated heterocycles. The Labute approximate surface area is 125 Å². The topological polar surface area (TPSA) is 64.6 Å². The van der Waals surface area contributed by atoms with Crippen LogP contribution in [0.4, 0.5) is 0 Å². The van der Waals surface area contributed by atoms with Crippen LogP contribution in [0.15, 0.2) is 12.4 Å². The van der Waals surface area contributed by atoms with Gasteiger partial charge in [0, 0.05) is 25.4 Å². The lowest BCUT2D eigenvalue weighted by atomic mass is 10.1. The average molecular weight is 293 g/mol. The van der Waals surface area contributed by atoms with E-state index in [-0.39, 0.29) is 12.0 Å². The number of rotatable bonds is 6. The van der Waals surface area contributed by atoms with Crippen LogP contribution in [0.1, 0.15) is 39.0 Å². The van der Waals surface area contributed by atoms with Gasteiger partial charge in [0.15, 0.2) is 0 Å². The summed E-state index contributed by atoms with van der Waals surface area (Å²) in [5.74, 6) is 0.996. The number of carbonyl (C=O) groups excluding carboxylic acids is 1. The maximum absolute atomic E-state index is 12.1. The molecule has 1 fully saturated rings. The number of nitrogens with zero attached hydrogens (tertiary/aromatic N) is 3. The van der Waals surface area contributed by atoms with Gasteiger partial charge in [0.25, 0.3) is 11.8 Å². The Morgan fingerprint density at radius 1 is 1.38 bits per heavy atom. The van der Waals surface area contributed by atoms with Crippen LogP contribution in [-0.2, 0) is 4.79 Å². The van der Waals surface area contributed by atoms with Crippen molar-refractivity contribution in [1.29, 1.82) is 0 Å². The number of ether oxygens (including phenoxy) is 2. The maximum atomic E-state index is 12.1. The van der Waals surface area contributed by atoms with Gasteiger partial charge in [-0.2, -0.15) is 0 Å². The molecule has 1 atom stereocenters. The summed E-state index contributed by atoms with van der Waals surface area (Å²) in [7, 11) is 1.54. The highest BCUT2D eigenvalue weighted by Crippen LogP contribution is 2.24. The molecule has 2 rings (SSSR count). The van der Waals surface area contributed by atoms with Crippen molar-refractivity contribution in [3.63, 3.8) is 0 Å². The Bertz CT molecular complexity index is 467. The van der Waals surface area contributed by atoms with Gasteiger partial charge in [0.2, 0.25) is 5.91 Å². The summed E-state index contributed by atoms with van der Waals surface area (Å²) in [4.78, 5) is 22.2. The van der Waals surface area contributed by atoms with Crippen molar-refractivity contribution in [2.45, 2.75) is 45.1 Å². The second-order valence-corrected chi connectivity index (χ2v) is 5.20. The second kappa shape index (κ2) is 7.81. The summed E-state index contributed by atoms with van der Waals surface area (Å²) in [5, 5.41) is 0. The molecule has 0 N–H and O–H groups in total. The first-order chi connectivity index (χ1) is 10.2. The number of piperidine rings is 1. The monoisotopic (exact) mass is 293 g/mol. The largest absolute Gasteiger partial charge is 0.477 e. The Kier molecular flexibility index (Phi) is 5.78. The highest BCUT2D eigenvalue weighted by atomic mass is 16.5. The molecule has 0 aliphatic carbocycles. The molecule has 0 spiro atoms. The summed E-state index contributed by atoms with van der Waals surface area (Å²) in [6.45, 7) is 3.53. The Morgan fingerprint density at radius 3 is 2.86 bits per heavy atom. The van der Waals surface area contributed by atoms with Crippen LogP contribution in [0, 0.1) is 0 Å². The van der Waals surface area contributed by atoms with E-state index < -0.39 is 0 Å². The molecule has 1 aromatic rings. The number of methoxy groups -OCH3 is 1. The zero-order chi connectivity index (χ0) is 15.1. The van der Waals surface area contributed by atoms with Crippen molar-refractivity contribution < 1.29 is 14.3 Å². The molecule has 1 aromatic heterocycles. The molecule has 21 heavy (non-hydrogen) atoms. The Balaban J connectivity index is 1.93. The fourth-order valence-corrected chi connectivity index (χ4v) is 2.44. The Hall–Kier alpha value is -1.85. The third kappa shape index (κ3) is 4.31. The van der Waals surface area contributed by atoms with Crippen LogP contribution in [0.2, 0.25) is 0 Å². The minimum absolute atomic E-state index is 0.0464. The SMILES string of the molecule is CCCCC(=O)N1CCCC(Oc2nccnc2OC)C1. The number of unbranched alkanes of at least 4 members (excludes halogenated alkanes) is 1. The molecular formula is C15H23N3O3. The van der Waals surface area contributed by atoms with Crippen molar-refractivity contribution in [3.05, 3.63) is 12.4 Å². The lowest BCUT2D eigenvalue weighted by Gasteiger charge is -2.32. The van der Waals surface area contributed by atoms with Crippen molar-refractivity contribution in [3.8, 4) is 11.8 Å². The number of hydrogen-bond acceptors (Lipinski definition) is 5. The van der Waals surface area contributed by atoms with Crippen LogP contribution < -0.4 is 9.47 Å². The second-order valence-electron chi connectivity index (χ2n) is 5.20. The van der Waals surface area contributed by atoms with E-state index in [0.717, 1.165) is 32.2 Å². The van der Waals surface area contributed by atoms with E-state index in [4.69, 9.17) is 9.47 Å². The zero-order valence-corrected chi connectivity index (χ0v) is 12.7. The summed E-state index contributed by atoms with van der Waals surface area (Å²) in [6, 6.07) is 0. The van der Waals surface area contributed by atoms with E-state index >= 15 is 0 Å². The van der Waals surface area contributed by atoms with Crippen molar-refractivity contribution >= 4 is 5.91 Å². The molecule has 2 heterocycles. The van der Waals surface area contributed by atoms with Crippen molar-refractivity contribution in [1.82, 2.24) is 14.9 Å². The summed E-state index contributed by atoms with van der Waals surface area (Å²) in [6.07, 6.45) is 7.56. The van der Waals surface area contributed by atoms with Crippen LogP contribution in [0.25, 0.3) is 0 Å². The van der Waals surface area contributed by atoms with Gasteiger partial charge in [-0.1, -0.05) is 13.3 Å². The van der Waals surface area contributed by atoms with Gasteiger partial charge in [-0.25, -0.2) is 9.97 Å². The standard InChI is InChI=1S/C15H23N3O3/c1-3-4-7-13(19)18-10-5-6-12(11-18)21-15-14(20-2)16-8-9-17-15/h8-9,12H,3-7,10-11H2,1-2H3. The van der Waals surface area contributed by atoms with Crippen molar-refractivity contribution in [2.24, 2.45) is 0 Å². The van der Waals surface area contributed by atoms with Crippen molar-refractivity contribution in [2.75, 3.05) is 20.2 Å². The van der Waals surface area contributed by atoms with E-state index in [9.17, 15) is 4.79 Å². The lowest BCUT2D eigenvalue weighted by Crippen LogP contribution is -2.44. The average Bonchev–Trinajstić information content (AvgIpc) is 2.53. The summed E-state index contributed by atoms with van der Waals surface area (Å²) >= 11 is 0. The highest BCUT2D eigenvalue weighted by Gasteiger charge is 2.25. The number of amides is 1. The fraction of sp³-hybridized carbons (Fsp3) is 0.667. The molecule has 6 heteroatoms. The van der Waals surface area contributed by atoms with Crippen LogP contribution in [0.3, 0.4) is 0 Å². The maximum Gasteiger partial charge on any atom is 0.278 e. The van der Waals surface area contributed by atoms with Gasteiger partial charge >= 0.3 is 0 Å². The first-order valence-electron chi connectivity index (χ1n) is 7.54. The van der Waals surface area contributed by atoms with Crippen LogP contribution in [0.5, 0.6) is 11.8 Å². The third-order valence-corrected chi connectivity index (χ3v) is 3.58. The molecule has 1 unspecified atom stereocenters. The molecule has 1 amide bonds. The molecule has 0 aromatic carbocycles. The Morgan fingerprint density at radius 2 is 2.14 bits per heavy atom. The number of likely N-dealkylation sites (tertiary alicyclic amines) is 1. The zero-order valence-electron chi connectivity index (χ0n) is 12.7. The van der Waals surface area contributed by atoms with Gasteiger partial charge in [-0.3, -0.25) is 4.79 Å².